The van der Waals surface area contributed by atoms with E-state index in [-0.39, 0.29) is 0 Å². The highest BCUT2D eigenvalue weighted by Gasteiger charge is 2.35. The Labute approximate surface area is 151 Å². The molecule has 3 atom stereocenters. The monoisotopic (exact) mass is 357 g/mol. The lowest BCUT2D eigenvalue weighted by atomic mass is 9.87. The molecule has 0 amide bonds. The Balaban J connectivity index is 1.86. The van der Waals surface area contributed by atoms with Crippen molar-refractivity contribution in [1.29, 1.82) is 0 Å². The van der Waals surface area contributed by atoms with E-state index in [0.717, 1.165) is 6.42 Å². The fourth-order valence-corrected chi connectivity index (χ4v) is 4.37. The van der Waals surface area contributed by atoms with Crippen molar-refractivity contribution in [3.8, 4) is 11.1 Å². The van der Waals surface area contributed by atoms with Crippen molar-refractivity contribution in [1.82, 2.24) is 4.31 Å². The zero-order chi connectivity index (χ0) is 18.2. The van der Waals surface area contributed by atoms with Gasteiger partial charge in [0.1, 0.15) is 0 Å². The van der Waals surface area contributed by atoms with Crippen molar-refractivity contribution in [3.63, 3.8) is 0 Å². The fraction of sp³-hybridized carbons (Fsp3) is 0.429. The molecule has 3 nitrogen and oxygen atoms in total. The topological polar surface area (TPSA) is 37.4 Å². The summed E-state index contributed by atoms with van der Waals surface area (Å²) >= 11 is 0. The first kappa shape index (κ1) is 18.2. The highest BCUT2D eigenvalue weighted by Crippen LogP contribution is 2.48. The summed E-state index contributed by atoms with van der Waals surface area (Å²) in [4.78, 5) is 0. The van der Waals surface area contributed by atoms with E-state index < -0.39 is 10.0 Å². The van der Waals surface area contributed by atoms with Crippen LogP contribution in [0.25, 0.3) is 11.1 Å². The van der Waals surface area contributed by atoms with Gasteiger partial charge in [-0.25, -0.2) is 12.7 Å². The zero-order valence-corrected chi connectivity index (χ0v) is 16.3. The molecule has 0 radical (unpaired) electrons. The van der Waals surface area contributed by atoms with E-state index in [2.05, 4.69) is 56.3 Å². The predicted octanol–water partition coefficient (Wildman–Crippen LogP) is 4.47. The van der Waals surface area contributed by atoms with Crippen LogP contribution in [0.15, 0.2) is 48.5 Å². The molecule has 3 rings (SSSR count). The lowest BCUT2D eigenvalue weighted by Gasteiger charge is -2.22. The summed E-state index contributed by atoms with van der Waals surface area (Å²) in [5.41, 5.74) is 5.31. The molecule has 0 aliphatic heterocycles. The summed E-state index contributed by atoms with van der Waals surface area (Å²) in [6.07, 6.45) is 2.14. The Kier molecular flexibility index (Phi) is 5.03. The molecule has 0 aromatic heterocycles. The molecule has 0 spiro atoms. The van der Waals surface area contributed by atoms with Crippen LogP contribution >= 0.6 is 0 Å². The average Bonchev–Trinajstić information content (AvgIpc) is 2.83. The number of benzene rings is 2. The number of hydrogen-bond donors (Lipinski definition) is 0. The third kappa shape index (κ3) is 3.65. The molecule has 0 saturated carbocycles. The molecule has 25 heavy (non-hydrogen) atoms. The minimum Gasteiger partial charge on any atom is -0.213 e. The van der Waals surface area contributed by atoms with Crippen LogP contribution in [0.2, 0.25) is 0 Å². The highest BCUT2D eigenvalue weighted by atomic mass is 32.2. The molecular formula is C21H27NO2S. The molecule has 134 valence electrons. The molecule has 2 unspecified atom stereocenters. The van der Waals surface area contributed by atoms with E-state index in [0.29, 0.717) is 24.3 Å². The highest BCUT2D eigenvalue weighted by molar-refractivity contribution is 7.88. The average molecular weight is 358 g/mol. The molecule has 2 aromatic carbocycles. The van der Waals surface area contributed by atoms with E-state index >= 15 is 0 Å². The van der Waals surface area contributed by atoms with Crippen molar-refractivity contribution in [3.05, 3.63) is 59.7 Å². The minimum absolute atomic E-state index is 0.416. The Bertz CT molecular complexity index is 845. The lowest BCUT2D eigenvalue weighted by molar-refractivity contribution is 0.380. The van der Waals surface area contributed by atoms with Crippen LogP contribution in [0.5, 0.6) is 0 Å². The third-order valence-electron chi connectivity index (χ3n) is 5.83. The first-order valence-electron chi connectivity index (χ1n) is 8.89. The Morgan fingerprint density at radius 3 is 2.28 bits per heavy atom. The molecule has 0 fully saturated rings. The van der Waals surface area contributed by atoms with Crippen molar-refractivity contribution in [2.45, 2.75) is 32.1 Å². The maximum absolute atomic E-state index is 11.7. The van der Waals surface area contributed by atoms with Gasteiger partial charge in [0.05, 0.1) is 6.26 Å². The van der Waals surface area contributed by atoms with Crippen LogP contribution in [-0.4, -0.2) is 32.6 Å². The molecule has 2 aromatic rings. The van der Waals surface area contributed by atoms with Gasteiger partial charge >= 0.3 is 0 Å². The molecule has 1 aliphatic rings. The van der Waals surface area contributed by atoms with Gasteiger partial charge in [-0.1, -0.05) is 62.4 Å². The molecule has 1 aliphatic carbocycles. The SMILES string of the molecule is CC1c2cc(-c3ccccc3)ccc2C(CCN(C)S(C)(=O)=O)[C@@H]1C. The molecular weight excluding hydrogens is 330 g/mol. The van der Waals surface area contributed by atoms with E-state index in [4.69, 9.17) is 0 Å². The van der Waals surface area contributed by atoms with E-state index in [9.17, 15) is 8.42 Å². The van der Waals surface area contributed by atoms with E-state index in [1.807, 2.05) is 6.07 Å². The van der Waals surface area contributed by atoms with Gasteiger partial charge in [-0.2, -0.15) is 0 Å². The van der Waals surface area contributed by atoms with Crippen molar-refractivity contribution >= 4 is 10.0 Å². The smallest absolute Gasteiger partial charge is 0.210 e. The maximum atomic E-state index is 11.7. The summed E-state index contributed by atoms with van der Waals surface area (Å²) in [7, 11) is -1.45. The normalized spacial score (nSPS) is 23.0. The van der Waals surface area contributed by atoms with Crippen LogP contribution in [0, 0.1) is 5.92 Å². The van der Waals surface area contributed by atoms with E-state index in [1.165, 1.54) is 32.8 Å². The van der Waals surface area contributed by atoms with Crippen molar-refractivity contribution < 1.29 is 8.42 Å². The Morgan fingerprint density at radius 2 is 1.64 bits per heavy atom. The summed E-state index contributed by atoms with van der Waals surface area (Å²) in [6, 6.07) is 17.2. The number of rotatable bonds is 5. The summed E-state index contributed by atoms with van der Waals surface area (Å²) in [5, 5.41) is 0. The number of nitrogens with zero attached hydrogens (tertiary/aromatic N) is 1. The molecule has 0 N–H and O–H groups in total. The summed E-state index contributed by atoms with van der Waals surface area (Å²) in [6.45, 7) is 5.15. The van der Waals surface area contributed by atoms with Gasteiger partial charge in [-0.3, -0.25) is 0 Å². The standard InChI is InChI=1S/C21H27NO2S/c1-15-16(2)21-14-18(17-8-6-5-7-9-17)10-11-20(21)19(15)12-13-22(3)25(4,23)24/h5-11,14-16,19H,12-13H2,1-4H3/t15-,16?,19?/m1/s1. The van der Waals surface area contributed by atoms with Gasteiger partial charge in [0.2, 0.25) is 10.0 Å². The third-order valence-corrected chi connectivity index (χ3v) is 7.14. The van der Waals surface area contributed by atoms with Gasteiger partial charge in [0.25, 0.3) is 0 Å². The molecule has 0 heterocycles. The molecule has 4 heteroatoms. The first-order valence-corrected chi connectivity index (χ1v) is 10.7. The second kappa shape index (κ2) is 6.93. The van der Waals surface area contributed by atoms with Gasteiger partial charge in [0, 0.05) is 13.6 Å². The number of fused-ring (bicyclic) bond motifs is 1. The van der Waals surface area contributed by atoms with E-state index in [1.54, 1.807) is 7.05 Å². The lowest BCUT2D eigenvalue weighted by Crippen LogP contribution is -2.28. The summed E-state index contributed by atoms with van der Waals surface area (Å²) in [5.74, 6) is 1.43. The number of hydrogen-bond acceptors (Lipinski definition) is 2. The Hall–Kier alpha value is -1.65. The van der Waals surface area contributed by atoms with Gasteiger partial charge in [0.15, 0.2) is 0 Å². The zero-order valence-electron chi connectivity index (χ0n) is 15.4. The second-order valence-electron chi connectivity index (χ2n) is 7.34. The summed E-state index contributed by atoms with van der Waals surface area (Å²) < 4.78 is 24.8. The molecule has 0 bridgehead atoms. The van der Waals surface area contributed by atoms with Crippen LogP contribution in [0.4, 0.5) is 0 Å². The predicted molar refractivity (Wildman–Crippen MR) is 104 cm³/mol. The second-order valence-corrected chi connectivity index (χ2v) is 9.43. The quantitative estimate of drug-likeness (QED) is 0.791. The Morgan fingerprint density at radius 1 is 0.960 bits per heavy atom. The first-order chi connectivity index (χ1) is 11.8. The van der Waals surface area contributed by atoms with Crippen LogP contribution < -0.4 is 0 Å². The van der Waals surface area contributed by atoms with Gasteiger partial charge < -0.3 is 0 Å². The van der Waals surface area contributed by atoms with Crippen LogP contribution in [0.3, 0.4) is 0 Å². The van der Waals surface area contributed by atoms with Crippen molar-refractivity contribution in [2.24, 2.45) is 5.92 Å². The van der Waals surface area contributed by atoms with Crippen LogP contribution in [-0.2, 0) is 10.0 Å². The van der Waals surface area contributed by atoms with Gasteiger partial charge in [-0.05, 0) is 46.4 Å². The van der Waals surface area contributed by atoms with Crippen LogP contribution in [0.1, 0.15) is 43.2 Å². The largest absolute Gasteiger partial charge is 0.213 e. The van der Waals surface area contributed by atoms with Crippen molar-refractivity contribution in [2.75, 3.05) is 19.8 Å². The maximum Gasteiger partial charge on any atom is 0.210 e. The number of sulfonamides is 1. The molecule has 0 saturated heterocycles. The minimum atomic E-state index is -3.11. The fourth-order valence-electron chi connectivity index (χ4n) is 3.94. The van der Waals surface area contributed by atoms with Gasteiger partial charge in [-0.15, -0.1) is 0 Å².